The van der Waals surface area contributed by atoms with Gasteiger partial charge in [0.25, 0.3) is 0 Å². The molecule has 2 aromatic heterocycles. The zero-order valence-electron chi connectivity index (χ0n) is 19.0. The first-order valence-electron chi connectivity index (χ1n) is 10.8. The average Bonchev–Trinajstić information content (AvgIpc) is 3.44. The third-order valence-corrected chi connectivity index (χ3v) is 7.03. The number of aromatic nitrogens is 1. The van der Waals surface area contributed by atoms with Crippen LogP contribution in [0.3, 0.4) is 0 Å². The van der Waals surface area contributed by atoms with Crippen LogP contribution < -0.4 is 20.1 Å². The Morgan fingerprint density at radius 1 is 1.16 bits per heavy atom. The number of hydrogen-bond donors (Lipinski definition) is 2. The monoisotopic (exact) mass is 454 g/mol. The number of hydrogen-bond acceptors (Lipinski definition) is 5. The van der Waals surface area contributed by atoms with Crippen LogP contribution in [-0.2, 0) is 13.0 Å². The van der Waals surface area contributed by atoms with Gasteiger partial charge >= 0.3 is 6.03 Å². The number of ether oxygens (including phenoxy) is 2. The predicted molar refractivity (Wildman–Crippen MR) is 128 cm³/mol. The molecule has 1 aliphatic rings. The molecule has 0 saturated carbocycles. The van der Waals surface area contributed by atoms with Gasteiger partial charge in [0, 0.05) is 59.8 Å². The maximum atomic E-state index is 13.0. The third-order valence-electron chi connectivity index (χ3n) is 5.78. The molecule has 7 nitrogen and oxygen atoms in total. The van der Waals surface area contributed by atoms with Crippen molar-refractivity contribution >= 4 is 23.1 Å². The first-order valence-corrected chi connectivity index (χ1v) is 11.6. The van der Waals surface area contributed by atoms with E-state index in [9.17, 15) is 4.79 Å². The summed E-state index contributed by atoms with van der Waals surface area (Å²) in [6, 6.07) is 9.04. The zero-order valence-corrected chi connectivity index (χ0v) is 19.8. The molecule has 0 fully saturated rings. The van der Waals surface area contributed by atoms with E-state index in [4.69, 9.17) is 9.47 Å². The Bertz CT molecular complexity index is 1060. The fraction of sp³-hybridized carbons (Fsp3) is 0.375. The van der Waals surface area contributed by atoms with Crippen LogP contribution in [0.25, 0.3) is 5.00 Å². The highest BCUT2D eigenvalue weighted by Crippen LogP contribution is 2.40. The number of nitrogens with one attached hydrogen (secondary N) is 2. The summed E-state index contributed by atoms with van der Waals surface area (Å²) >= 11 is 1.82. The number of benzene rings is 1. The van der Waals surface area contributed by atoms with Crippen LogP contribution in [-0.4, -0.2) is 43.3 Å². The summed E-state index contributed by atoms with van der Waals surface area (Å²) in [5, 5.41) is 7.33. The molecule has 0 radical (unpaired) electrons. The topological polar surface area (TPSA) is 67.8 Å². The number of amides is 2. The lowest BCUT2D eigenvalue weighted by atomic mass is 9.96. The molecule has 32 heavy (non-hydrogen) atoms. The minimum absolute atomic E-state index is 0.0942. The molecule has 0 unspecified atom stereocenters. The number of likely N-dealkylation sites (N-methyl/N-ethyl adjacent to an activating group) is 1. The number of methoxy groups -OCH3 is 2. The number of anilines is 1. The Hall–Kier alpha value is -2.97. The number of nitrogens with zero attached hydrogens (tertiary/aromatic N) is 2. The molecule has 1 aliphatic heterocycles. The minimum atomic E-state index is -0.251. The maximum Gasteiger partial charge on any atom is 0.319 e. The molecule has 1 atom stereocenters. The molecule has 2 N–H and O–H groups in total. The van der Waals surface area contributed by atoms with Crippen molar-refractivity contribution in [2.75, 3.05) is 33.1 Å². The second-order valence-corrected chi connectivity index (χ2v) is 9.04. The molecule has 8 heteroatoms. The van der Waals surface area contributed by atoms with Gasteiger partial charge in [-0.15, -0.1) is 11.3 Å². The van der Waals surface area contributed by atoms with Crippen LogP contribution >= 0.6 is 11.3 Å². The lowest BCUT2D eigenvalue weighted by molar-refractivity contribution is 0.248. The molecule has 0 spiro atoms. The number of thiophene rings is 1. The molecular weight excluding hydrogens is 424 g/mol. The van der Waals surface area contributed by atoms with Gasteiger partial charge < -0.3 is 29.6 Å². The van der Waals surface area contributed by atoms with E-state index in [0.717, 1.165) is 25.9 Å². The fourth-order valence-corrected chi connectivity index (χ4v) is 5.60. The van der Waals surface area contributed by atoms with Crippen LogP contribution in [0, 0.1) is 0 Å². The number of fused-ring (bicyclic) bond motifs is 1. The zero-order chi connectivity index (χ0) is 22.7. The van der Waals surface area contributed by atoms with Gasteiger partial charge in [-0.05, 0) is 37.6 Å². The van der Waals surface area contributed by atoms with E-state index < -0.39 is 0 Å². The van der Waals surface area contributed by atoms with Crippen LogP contribution in [0.2, 0.25) is 0 Å². The number of carbonyl (C=O) groups excluding carboxylic acids is 1. The van der Waals surface area contributed by atoms with Crippen molar-refractivity contribution in [3.8, 4) is 16.5 Å². The van der Waals surface area contributed by atoms with Gasteiger partial charge in [0.2, 0.25) is 0 Å². The van der Waals surface area contributed by atoms with E-state index in [2.05, 4.69) is 46.5 Å². The predicted octanol–water partition coefficient (Wildman–Crippen LogP) is 4.82. The quantitative estimate of drug-likeness (QED) is 0.537. The summed E-state index contributed by atoms with van der Waals surface area (Å²) in [6.07, 6.45) is 5.92. The lowest BCUT2D eigenvalue weighted by Crippen LogP contribution is -2.34. The van der Waals surface area contributed by atoms with E-state index in [-0.39, 0.29) is 12.1 Å². The molecule has 0 saturated heterocycles. The molecule has 3 heterocycles. The highest BCUT2D eigenvalue weighted by molar-refractivity contribution is 7.15. The van der Waals surface area contributed by atoms with Gasteiger partial charge in [-0.2, -0.15) is 0 Å². The Morgan fingerprint density at radius 2 is 1.84 bits per heavy atom. The van der Waals surface area contributed by atoms with Crippen molar-refractivity contribution in [3.63, 3.8) is 0 Å². The van der Waals surface area contributed by atoms with Crippen LogP contribution in [0.5, 0.6) is 11.5 Å². The van der Waals surface area contributed by atoms with Gasteiger partial charge in [-0.3, -0.25) is 0 Å². The number of carbonyl (C=O) groups is 1. The van der Waals surface area contributed by atoms with E-state index in [0.29, 0.717) is 17.2 Å². The Kier molecular flexibility index (Phi) is 6.72. The molecule has 0 bridgehead atoms. The van der Waals surface area contributed by atoms with Crippen molar-refractivity contribution in [2.24, 2.45) is 0 Å². The lowest BCUT2D eigenvalue weighted by Gasteiger charge is -2.25. The van der Waals surface area contributed by atoms with Crippen molar-refractivity contribution in [1.82, 2.24) is 14.8 Å². The summed E-state index contributed by atoms with van der Waals surface area (Å²) in [4.78, 5) is 16.7. The van der Waals surface area contributed by atoms with Crippen LogP contribution in [0.1, 0.15) is 35.4 Å². The SMILES string of the molecule is CC[C@@H](NC(=O)Nc1cc(OC)cc(OC)c1)c1c(-n2cccc2)sc2c1CCN(C)C2. The van der Waals surface area contributed by atoms with E-state index in [1.165, 1.54) is 21.0 Å². The molecular formula is C24H30N4O3S. The largest absolute Gasteiger partial charge is 0.497 e. The first kappa shape index (κ1) is 22.2. The van der Waals surface area contributed by atoms with Crippen LogP contribution in [0.15, 0.2) is 42.7 Å². The molecule has 1 aromatic carbocycles. The molecule has 4 rings (SSSR count). The Morgan fingerprint density at radius 3 is 2.47 bits per heavy atom. The normalized spacial score (nSPS) is 14.5. The summed E-state index contributed by atoms with van der Waals surface area (Å²) in [7, 11) is 5.33. The van der Waals surface area contributed by atoms with Crippen molar-refractivity contribution < 1.29 is 14.3 Å². The van der Waals surface area contributed by atoms with Crippen molar-refractivity contribution in [3.05, 3.63) is 58.7 Å². The number of urea groups is 1. The number of rotatable bonds is 7. The van der Waals surface area contributed by atoms with Gasteiger partial charge in [-0.25, -0.2) is 4.79 Å². The maximum absolute atomic E-state index is 13.0. The van der Waals surface area contributed by atoms with Gasteiger partial charge in [-0.1, -0.05) is 6.92 Å². The molecule has 170 valence electrons. The smallest absolute Gasteiger partial charge is 0.319 e. The fourth-order valence-electron chi connectivity index (χ4n) is 4.15. The summed E-state index contributed by atoms with van der Waals surface area (Å²) in [6.45, 7) is 4.08. The first-order chi connectivity index (χ1) is 15.5. The second-order valence-electron chi connectivity index (χ2n) is 7.96. The molecule has 3 aromatic rings. The van der Waals surface area contributed by atoms with E-state index >= 15 is 0 Å². The standard InChI is InChI=1S/C24H30N4O3S/c1-5-20(26-24(29)25-16-12-17(30-3)14-18(13-16)31-4)22-19-8-11-27(2)15-21(19)32-23(22)28-9-6-7-10-28/h6-7,9-10,12-14,20H,5,8,11,15H2,1-4H3,(H2,25,26,29)/t20-/m1/s1. The van der Waals surface area contributed by atoms with E-state index in [1.54, 1.807) is 32.4 Å². The second kappa shape index (κ2) is 9.67. The highest BCUT2D eigenvalue weighted by atomic mass is 32.1. The van der Waals surface area contributed by atoms with Crippen molar-refractivity contribution in [2.45, 2.75) is 32.4 Å². The molecule has 0 aliphatic carbocycles. The van der Waals surface area contributed by atoms with Gasteiger partial charge in [0.1, 0.15) is 16.5 Å². The average molecular weight is 455 g/mol. The highest BCUT2D eigenvalue weighted by Gasteiger charge is 2.28. The summed E-state index contributed by atoms with van der Waals surface area (Å²) in [5.41, 5.74) is 3.23. The van der Waals surface area contributed by atoms with E-state index in [1.807, 2.05) is 23.5 Å². The van der Waals surface area contributed by atoms with Crippen molar-refractivity contribution in [1.29, 1.82) is 0 Å². The summed E-state index contributed by atoms with van der Waals surface area (Å²) in [5.74, 6) is 1.25. The third kappa shape index (κ3) is 4.61. The minimum Gasteiger partial charge on any atom is -0.497 e. The summed E-state index contributed by atoms with van der Waals surface area (Å²) < 4.78 is 12.8. The molecule has 2 amide bonds. The Labute approximate surface area is 192 Å². The van der Waals surface area contributed by atoms with Crippen LogP contribution in [0.4, 0.5) is 10.5 Å². The van der Waals surface area contributed by atoms with Gasteiger partial charge in [0.15, 0.2) is 0 Å². The Balaban J connectivity index is 1.61. The van der Waals surface area contributed by atoms with Gasteiger partial charge in [0.05, 0.1) is 20.3 Å².